The average molecular weight is 503 g/mol. The van der Waals surface area contributed by atoms with Crippen molar-refractivity contribution in [1.29, 1.82) is 10.5 Å². The van der Waals surface area contributed by atoms with Gasteiger partial charge in [-0.3, -0.25) is 19.9 Å². The molecular weight excluding hydrogens is 460 g/mol. The highest BCUT2D eigenvalue weighted by Gasteiger charge is 2.47. The van der Waals surface area contributed by atoms with Crippen LogP contribution >= 0.6 is 0 Å². The Kier molecular flexibility index (Phi) is 11.0. The summed E-state index contributed by atoms with van der Waals surface area (Å²) >= 11 is 0. The Hall–Kier alpha value is -2.85. The van der Waals surface area contributed by atoms with E-state index in [0.717, 1.165) is 32.1 Å². The second kappa shape index (κ2) is 13.5. The normalized spacial score (nSPS) is 19.9. The molecule has 2 fully saturated rings. The highest BCUT2D eigenvalue weighted by molar-refractivity contribution is 5.85. The van der Waals surface area contributed by atoms with E-state index >= 15 is 0 Å². The van der Waals surface area contributed by atoms with E-state index < -0.39 is 12.0 Å². The van der Waals surface area contributed by atoms with Crippen molar-refractivity contribution in [1.82, 2.24) is 20.7 Å². The molecule has 0 radical (unpaired) electrons. The Morgan fingerprint density at radius 3 is 2.14 bits per heavy atom. The average Bonchev–Trinajstić information content (AvgIpc) is 2.81. The van der Waals surface area contributed by atoms with Gasteiger partial charge in [0.1, 0.15) is 6.10 Å². The van der Waals surface area contributed by atoms with Crippen molar-refractivity contribution >= 4 is 17.9 Å². The largest absolute Gasteiger partial charge is 0.445 e. The molecule has 1 aliphatic heterocycles. The molecule has 0 aromatic heterocycles. The lowest BCUT2D eigenvalue weighted by molar-refractivity contribution is -0.140. The summed E-state index contributed by atoms with van der Waals surface area (Å²) in [6.45, 7) is 9.45. The molecule has 1 aliphatic carbocycles. The molecule has 2 N–H and O–H groups in total. The minimum atomic E-state index is -0.690. The van der Waals surface area contributed by atoms with Crippen LogP contribution in [0.15, 0.2) is 0 Å². The van der Waals surface area contributed by atoms with Crippen LogP contribution in [-0.2, 0) is 14.3 Å². The van der Waals surface area contributed by atoms with E-state index in [9.17, 15) is 14.4 Å². The van der Waals surface area contributed by atoms with Crippen molar-refractivity contribution < 1.29 is 19.1 Å². The highest BCUT2D eigenvalue weighted by Crippen LogP contribution is 2.40. The number of rotatable bonds is 9. The van der Waals surface area contributed by atoms with E-state index in [0.29, 0.717) is 32.4 Å². The molecule has 0 atom stereocenters. The third-order valence-corrected chi connectivity index (χ3v) is 7.30. The maximum atomic E-state index is 13.2. The minimum absolute atomic E-state index is 0.0217. The molecule has 0 spiro atoms. The first kappa shape index (κ1) is 29.4. The molecule has 1 heterocycles. The number of hydrogen-bond acceptors (Lipinski definition) is 7. The van der Waals surface area contributed by atoms with Crippen molar-refractivity contribution in [3.05, 3.63) is 0 Å². The lowest BCUT2D eigenvalue weighted by Gasteiger charge is -2.57. The van der Waals surface area contributed by atoms with E-state index in [2.05, 4.69) is 55.6 Å². The molecule has 200 valence electrons. The van der Waals surface area contributed by atoms with Gasteiger partial charge in [-0.2, -0.15) is 10.5 Å². The van der Waals surface area contributed by atoms with E-state index in [1.54, 1.807) is 4.90 Å². The molecule has 36 heavy (non-hydrogen) atoms. The van der Waals surface area contributed by atoms with Crippen LogP contribution in [0.3, 0.4) is 0 Å². The Morgan fingerprint density at radius 1 is 0.944 bits per heavy atom. The van der Waals surface area contributed by atoms with Gasteiger partial charge in [0.05, 0.1) is 18.6 Å². The third-order valence-electron chi connectivity index (χ3n) is 7.30. The molecule has 3 amide bonds. The lowest BCUT2D eigenvalue weighted by atomic mass is 9.76. The Balaban J connectivity index is 1.92. The molecule has 2 aliphatic rings. The molecule has 10 nitrogen and oxygen atoms in total. The molecule has 1 saturated carbocycles. The van der Waals surface area contributed by atoms with Crippen molar-refractivity contribution in [2.75, 3.05) is 13.1 Å². The fourth-order valence-electron chi connectivity index (χ4n) is 5.85. The summed E-state index contributed by atoms with van der Waals surface area (Å²) in [5.74, 6) is -0.664. The zero-order chi connectivity index (χ0) is 26.8. The number of carbonyl (C=O) groups excluding carboxylic acids is 3. The summed E-state index contributed by atoms with van der Waals surface area (Å²) in [6.07, 6.45) is 6.02. The fraction of sp³-hybridized carbons (Fsp3) is 0.808. The maximum absolute atomic E-state index is 13.2. The van der Waals surface area contributed by atoms with Gasteiger partial charge in [0, 0.05) is 49.5 Å². The number of nitrogens with one attached hydrogen (secondary N) is 2. The van der Waals surface area contributed by atoms with Crippen molar-refractivity contribution in [2.45, 2.75) is 122 Å². The summed E-state index contributed by atoms with van der Waals surface area (Å²) in [6, 6.07) is 4.26. The SMILES string of the molecule is CC1(C)CC(N(CCC#N)C(=O)CCC(=O)NNC(=O)OC2CCCCC2)CC(C)(C)N1CCC#N. The van der Waals surface area contributed by atoms with Gasteiger partial charge in [-0.1, -0.05) is 6.42 Å². The summed E-state index contributed by atoms with van der Waals surface area (Å²) in [7, 11) is 0. The molecule has 0 aromatic carbocycles. The van der Waals surface area contributed by atoms with Crippen LogP contribution in [-0.4, -0.2) is 64.0 Å². The second-order valence-electron chi connectivity index (χ2n) is 11.1. The van der Waals surface area contributed by atoms with Crippen LogP contribution in [0.25, 0.3) is 0 Å². The van der Waals surface area contributed by atoms with Crippen LogP contribution in [0.2, 0.25) is 0 Å². The van der Waals surface area contributed by atoms with Gasteiger partial charge in [0.2, 0.25) is 11.8 Å². The smallest absolute Gasteiger partial charge is 0.426 e. The number of ether oxygens (including phenoxy) is 1. The monoisotopic (exact) mass is 502 g/mol. The van der Waals surface area contributed by atoms with Gasteiger partial charge in [-0.25, -0.2) is 10.2 Å². The van der Waals surface area contributed by atoms with Crippen LogP contribution in [0, 0.1) is 22.7 Å². The highest BCUT2D eigenvalue weighted by atomic mass is 16.6. The van der Waals surface area contributed by atoms with Gasteiger partial charge in [0.25, 0.3) is 0 Å². The van der Waals surface area contributed by atoms with Crippen LogP contribution in [0.1, 0.15) is 98.3 Å². The van der Waals surface area contributed by atoms with Crippen LogP contribution in [0.5, 0.6) is 0 Å². The lowest BCUT2D eigenvalue weighted by Crippen LogP contribution is -2.65. The molecule has 0 bridgehead atoms. The summed E-state index contributed by atoms with van der Waals surface area (Å²) in [4.78, 5) is 41.5. The van der Waals surface area contributed by atoms with E-state index in [4.69, 9.17) is 15.3 Å². The number of carbonyl (C=O) groups is 3. The zero-order valence-corrected chi connectivity index (χ0v) is 22.3. The summed E-state index contributed by atoms with van der Waals surface area (Å²) < 4.78 is 5.31. The molecule has 1 saturated heterocycles. The van der Waals surface area contributed by atoms with Gasteiger partial charge in [-0.05, 0) is 66.2 Å². The number of nitriles is 2. The van der Waals surface area contributed by atoms with Gasteiger partial charge in [-0.15, -0.1) is 0 Å². The number of nitrogens with zero attached hydrogens (tertiary/aromatic N) is 4. The Morgan fingerprint density at radius 2 is 1.56 bits per heavy atom. The number of likely N-dealkylation sites (tertiary alicyclic amines) is 1. The quantitative estimate of drug-likeness (QED) is 0.460. The van der Waals surface area contributed by atoms with Crippen LogP contribution < -0.4 is 10.9 Å². The number of hydrazine groups is 1. The van der Waals surface area contributed by atoms with E-state index in [1.165, 1.54) is 0 Å². The maximum Gasteiger partial charge on any atom is 0.426 e. The summed E-state index contributed by atoms with van der Waals surface area (Å²) in [5, 5.41) is 18.2. The standard InChI is InChI=1S/C26H42N6O4/c1-25(2)18-20(19-26(3,4)32(25)17-9-15-28)31(16-8-14-27)23(34)13-12-22(33)29-30-24(35)36-21-10-6-5-7-11-21/h20-21H,5-13,16-19H2,1-4H3,(H,29,33)(H,30,35). The fourth-order valence-corrected chi connectivity index (χ4v) is 5.85. The van der Waals surface area contributed by atoms with Gasteiger partial charge < -0.3 is 9.64 Å². The first-order valence-corrected chi connectivity index (χ1v) is 13.1. The number of piperidine rings is 1. The minimum Gasteiger partial charge on any atom is -0.445 e. The number of amides is 3. The molecule has 10 heteroatoms. The van der Waals surface area contributed by atoms with Gasteiger partial charge in [0.15, 0.2) is 0 Å². The first-order chi connectivity index (χ1) is 17.0. The van der Waals surface area contributed by atoms with E-state index in [1.807, 2.05) is 0 Å². The number of hydrogen-bond donors (Lipinski definition) is 2. The first-order valence-electron chi connectivity index (χ1n) is 13.1. The van der Waals surface area contributed by atoms with Crippen LogP contribution in [0.4, 0.5) is 4.79 Å². The Bertz CT molecular complexity index is 835. The van der Waals surface area contributed by atoms with Gasteiger partial charge >= 0.3 is 6.09 Å². The topological polar surface area (TPSA) is 139 Å². The van der Waals surface area contributed by atoms with Crippen molar-refractivity contribution in [3.63, 3.8) is 0 Å². The van der Waals surface area contributed by atoms with Crippen molar-refractivity contribution in [2.24, 2.45) is 0 Å². The van der Waals surface area contributed by atoms with E-state index in [-0.39, 0.29) is 48.4 Å². The zero-order valence-electron chi connectivity index (χ0n) is 22.3. The molecular formula is C26H42N6O4. The third kappa shape index (κ3) is 8.67. The second-order valence-corrected chi connectivity index (χ2v) is 11.1. The molecule has 2 rings (SSSR count). The predicted octanol–water partition coefficient (Wildman–Crippen LogP) is 3.53. The summed E-state index contributed by atoms with van der Waals surface area (Å²) in [5.41, 5.74) is 4.10. The molecule has 0 aromatic rings. The predicted molar refractivity (Wildman–Crippen MR) is 134 cm³/mol. The molecule has 0 unspecified atom stereocenters. The van der Waals surface area contributed by atoms with Crippen molar-refractivity contribution in [3.8, 4) is 12.1 Å². The Labute approximate surface area is 215 Å².